The molecule has 2 rings (SSSR count). The molecular formula is C14H21BrN2. The van der Waals surface area contributed by atoms with Crippen LogP contribution in [-0.4, -0.2) is 19.6 Å². The SMILES string of the molecule is CCNCc1cc(Br)ccc1N1CCCCC1. The maximum absolute atomic E-state index is 3.57. The maximum Gasteiger partial charge on any atom is 0.0412 e. The number of nitrogens with zero attached hydrogens (tertiary/aromatic N) is 1. The Kier molecular flexibility index (Phi) is 4.86. The van der Waals surface area contributed by atoms with Crippen LogP contribution in [0, 0.1) is 0 Å². The summed E-state index contributed by atoms with van der Waals surface area (Å²) >= 11 is 3.57. The van der Waals surface area contributed by atoms with E-state index < -0.39 is 0 Å². The first-order valence-electron chi connectivity index (χ1n) is 6.55. The van der Waals surface area contributed by atoms with Crippen molar-refractivity contribution in [2.45, 2.75) is 32.7 Å². The molecule has 0 amide bonds. The van der Waals surface area contributed by atoms with Gasteiger partial charge in [-0.3, -0.25) is 0 Å². The predicted octanol–water partition coefficient (Wildman–Crippen LogP) is 3.55. The summed E-state index contributed by atoms with van der Waals surface area (Å²) in [6, 6.07) is 6.65. The highest BCUT2D eigenvalue weighted by Crippen LogP contribution is 2.27. The van der Waals surface area contributed by atoms with Crippen molar-refractivity contribution >= 4 is 21.6 Å². The van der Waals surface area contributed by atoms with Crippen molar-refractivity contribution < 1.29 is 0 Å². The zero-order valence-corrected chi connectivity index (χ0v) is 12.1. The van der Waals surface area contributed by atoms with Crippen molar-refractivity contribution in [1.29, 1.82) is 0 Å². The molecule has 3 heteroatoms. The van der Waals surface area contributed by atoms with E-state index in [4.69, 9.17) is 0 Å². The van der Waals surface area contributed by atoms with Gasteiger partial charge in [-0.05, 0) is 49.6 Å². The summed E-state index contributed by atoms with van der Waals surface area (Å²) in [6.07, 6.45) is 4.04. The van der Waals surface area contributed by atoms with E-state index in [1.807, 2.05) is 0 Å². The fourth-order valence-corrected chi connectivity index (χ4v) is 2.81. The van der Waals surface area contributed by atoms with Crippen LogP contribution in [-0.2, 0) is 6.54 Å². The molecule has 0 bridgehead atoms. The van der Waals surface area contributed by atoms with E-state index in [1.54, 1.807) is 0 Å². The molecule has 1 aliphatic rings. The molecule has 2 nitrogen and oxygen atoms in total. The van der Waals surface area contributed by atoms with Gasteiger partial charge in [0, 0.05) is 29.8 Å². The van der Waals surface area contributed by atoms with Crippen LogP contribution < -0.4 is 10.2 Å². The number of hydrogen-bond acceptors (Lipinski definition) is 2. The zero-order valence-electron chi connectivity index (χ0n) is 10.5. The summed E-state index contributed by atoms with van der Waals surface area (Å²) in [5.41, 5.74) is 2.82. The fraction of sp³-hybridized carbons (Fsp3) is 0.571. The molecule has 1 N–H and O–H groups in total. The van der Waals surface area contributed by atoms with Crippen LogP contribution in [0.1, 0.15) is 31.7 Å². The second-order valence-corrected chi connectivity index (χ2v) is 5.52. The Morgan fingerprint density at radius 3 is 2.71 bits per heavy atom. The summed E-state index contributed by atoms with van der Waals surface area (Å²) in [6.45, 7) is 6.55. The highest BCUT2D eigenvalue weighted by atomic mass is 79.9. The number of halogens is 1. The Morgan fingerprint density at radius 2 is 2.00 bits per heavy atom. The van der Waals surface area contributed by atoms with E-state index >= 15 is 0 Å². The third-order valence-corrected chi connectivity index (χ3v) is 3.80. The van der Waals surface area contributed by atoms with Gasteiger partial charge in [0.2, 0.25) is 0 Å². The average molecular weight is 297 g/mol. The third-order valence-electron chi connectivity index (χ3n) is 3.30. The van der Waals surface area contributed by atoms with Gasteiger partial charge in [-0.15, -0.1) is 0 Å². The second kappa shape index (κ2) is 6.41. The van der Waals surface area contributed by atoms with E-state index in [2.05, 4.69) is 51.3 Å². The van der Waals surface area contributed by atoms with E-state index in [0.29, 0.717) is 0 Å². The molecule has 0 atom stereocenters. The number of piperidine rings is 1. The van der Waals surface area contributed by atoms with Crippen LogP contribution in [0.2, 0.25) is 0 Å². The molecule has 1 fully saturated rings. The smallest absolute Gasteiger partial charge is 0.0412 e. The molecule has 1 aromatic rings. The maximum atomic E-state index is 3.57. The molecular weight excluding hydrogens is 276 g/mol. The zero-order chi connectivity index (χ0) is 12.1. The number of benzene rings is 1. The van der Waals surface area contributed by atoms with Crippen LogP contribution >= 0.6 is 15.9 Å². The normalized spacial score (nSPS) is 16.2. The molecule has 1 aromatic carbocycles. The van der Waals surface area contributed by atoms with Crippen molar-refractivity contribution in [2.24, 2.45) is 0 Å². The highest BCUT2D eigenvalue weighted by molar-refractivity contribution is 9.10. The van der Waals surface area contributed by atoms with E-state index in [-0.39, 0.29) is 0 Å². The first kappa shape index (κ1) is 12.9. The minimum Gasteiger partial charge on any atom is -0.371 e. The first-order valence-corrected chi connectivity index (χ1v) is 7.34. The van der Waals surface area contributed by atoms with Crippen LogP contribution in [0.4, 0.5) is 5.69 Å². The molecule has 0 spiro atoms. The molecule has 0 radical (unpaired) electrons. The van der Waals surface area contributed by atoms with Gasteiger partial charge in [0.25, 0.3) is 0 Å². The molecule has 1 saturated heterocycles. The van der Waals surface area contributed by atoms with Crippen molar-refractivity contribution in [2.75, 3.05) is 24.5 Å². The Bertz CT molecular complexity index is 359. The minimum atomic E-state index is 0.960. The van der Waals surface area contributed by atoms with Gasteiger partial charge < -0.3 is 10.2 Å². The lowest BCUT2D eigenvalue weighted by Crippen LogP contribution is -2.30. The summed E-state index contributed by atoms with van der Waals surface area (Å²) in [7, 11) is 0. The van der Waals surface area contributed by atoms with Gasteiger partial charge in [-0.1, -0.05) is 22.9 Å². The van der Waals surface area contributed by atoms with Gasteiger partial charge in [0.1, 0.15) is 0 Å². The van der Waals surface area contributed by atoms with E-state index in [0.717, 1.165) is 13.1 Å². The Morgan fingerprint density at radius 1 is 1.24 bits per heavy atom. The summed E-state index contributed by atoms with van der Waals surface area (Å²) in [5.74, 6) is 0. The average Bonchev–Trinajstić information content (AvgIpc) is 2.37. The third kappa shape index (κ3) is 3.46. The van der Waals surface area contributed by atoms with Crippen molar-refractivity contribution in [1.82, 2.24) is 5.32 Å². The van der Waals surface area contributed by atoms with Gasteiger partial charge in [-0.25, -0.2) is 0 Å². The van der Waals surface area contributed by atoms with Gasteiger partial charge in [0.15, 0.2) is 0 Å². The lowest BCUT2D eigenvalue weighted by Gasteiger charge is -2.30. The second-order valence-electron chi connectivity index (χ2n) is 4.60. The standard InChI is InChI=1S/C14H21BrN2/c1-2-16-11-12-10-13(15)6-7-14(12)17-8-4-3-5-9-17/h6-7,10,16H,2-5,8-9,11H2,1H3. The molecule has 1 aliphatic heterocycles. The lowest BCUT2D eigenvalue weighted by atomic mass is 10.1. The quantitative estimate of drug-likeness (QED) is 0.914. The Hall–Kier alpha value is -0.540. The summed E-state index contributed by atoms with van der Waals surface area (Å²) < 4.78 is 1.17. The number of hydrogen-bond donors (Lipinski definition) is 1. The molecule has 1 heterocycles. The predicted molar refractivity (Wildman–Crippen MR) is 77.6 cm³/mol. The molecule has 17 heavy (non-hydrogen) atoms. The number of anilines is 1. The van der Waals surface area contributed by atoms with Crippen LogP contribution in [0.25, 0.3) is 0 Å². The van der Waals surface area contributed by atoms with Crippen molar-refractivity contribution in [3.05, 3.63) is 28.2 Å². The fourth-order valence-electron chi connectivity index (χ4n) is 2.40. The molecule has 0 aromatic heterocycles. The molecule has 0 aliphatic carbocycles. The van der Waals surface area contributed by atoms with Crippen molar-refractivity contribution in [3.8, 4) is 0 Å². The van der Waals surface area contributed by atoms with E-state index in [9.17, 15) is 0 Å². The van der Waals surface area contributed by atoms with Crippen LogP contribution in [0.15, 0.2) is 22.7 Å². The largest absolute Gasteiger partial charge is 0.371 e. The van der Waals surface area contributed by atoms with Crippen molar-refractivity contribution in [3.63, 3.8) is 0 Å². The molecule has 94 valence electrons. The molecule has 0 unspecified atom stereocenters. The molecule has 0 saturated carbocycles. The lowest BCUT2D eigenvalue weighted by molar-refractivity contribution is 0.575. The minimum absolute atomic E-state index is 0.960. The number of nitrogens with one attached hydrogen (secondary N) is 1. The van der Waals surface area contributed by atoms with Gasteiger partial charge >= 0.3 is 0 Å². The van der Waals surface area contributed by atoms with Gasteiger partial charge in [-0.2, -0.15) is 0 Å². The Labute approximate surface area is 113 Å². The van der Waals surface area contributed by atoms with E-state index in [1.165, 1.54) is 48.1 Å². The topological polar surface area (TPSA) is 15.3 Å². The van der Waals surface area contributed by atoms with Crippen LogP contribution in [0.5, 0.6) is 0 Å². The van der Waals surface area contributed by atoms with Crippen LogP contribution in [0.3, 0.4) is 0 Å². The Balaban J connectivity index is 2.18. The summed E-state index contributed by atoms with van der Waals surface area (Å²) in [4.78, 5) is 2.53. The summed E-state index contributed by atoms with van der Waals surface area (Å²) in [5, 5.41) is 3.42. The highest BCUT2D eigenvalue weighted by Gasteiger charge is 2.14. The number of rotatable bonds is 4. The first-order chi connectivity index (χ1) is 8.31. The van der Waals surface area contributed by atoms with Gasteiger partial charge in [0.05, 0.1) is 0 Å². The monoisotopic (exact) mass is 296 g/mol.